The van der Waals surface area contributed by atoms with E-state index in [0.29, 0.717) is 0 Å². The minimum absolute atomic E-state index is 0.183. The number of rotatable bonds is 2. The molecule has 14 heavy (non-hydrogen) atoms. The lowest BCUT2D eigenvalue weighted by Gasteiger charge is -1.99. The van der Waals surface area contributed by atoms with E-state index in [-0.39, 0.29) is 17.1 Å². The number of ketones is 2. The Morgan fingerprint density at radius 3 is 2.71 bits per heavy atom. The molecular weight excluding hydrogens is 184 g/mol. The molecule has 4 heteroatoms. The highest BCUT2D eigenvalue weighted by Crippen LogP contribution is 2.06. The van der Waals surface area contributed by atoms with E-state index >= 15 is 0 Å². The zero-order valence-corrected chi connectivity index (χ0v) is 7.52. The molecule has 0 radical (unpaired) electrons. The van der Waals surface area contributed by atoms with Gasteiger partial charge in [-0.25, -0.2) is 4.79 Å². The largest absolute Gasteiger partial charge is 0.466 e. The van der Waals surface area contributed by atoms with Gasteiger partial charge in [0.05, 0.1) is 7.11 Å². The van der Waals surface area contributed by atoms with Gasteiger partial charge in [0.25, 0.3) is 0 Å². The predicted octanol–water partition coefficient (Wildman–Crippen LogP) is 0.350. The number of hydrogen-bond donors (Lipinski definition) is 0. The van der Waals surface area contributed by atoms with Crippen molar-refractivity contribution in [1.29, 1.82) is 0 Å². The number of carbonyl (C=O) groups excluding carboxylic acids is 3. The first kappa shape index (κ1) is 10.1. The molecule has 0 atom stereocenters. The monoisotopic (exact) mass is 192 g/mol. The van der Waals surface area contributed by atoms with E-state index in [1.54, 1.807) is 0 Å². The van der Waals surface area contributed by atoms with Crippen LogP contribution in [-0.4, -0.2) is 24.6 Å². The fraction of sp³-hybridized carbons (Fsp3) is 0.100. The second-order valence-electron chi connectivity index (χ2n) is 2.56. The maximum Gasteiger partial charge on any atom is 0.330 e. The number of esters is 1. The summed E-state index contributed by atoms with van der Waals surface area (Å²) in [4.78, 5) is 32.7. The van der Waals surface area contributed by atoms with Crippen molar-refractivity contribution >= 4 is 17.5 Å². The van der Waals surface area contributed by atoms with Gasteiger partial charge in [-0.2, -0.15) is 0 Å². The van der Waals surface area contributed by atoms with Gasteiger partial charge in [0.15, 0.2) is 11.6 Å². The van der Waals surface area contributed by atoms with Crippen molar-refractivity contribution in [1.82, 2.24) is 0 Å². The van der Waals surface area contributed by atoms with Gasteiger partial charge in [-0.05, 0) is 24.3 Å². The van der Waals surface area contributed by atoms with Gasteiger partial charge >= 0.3 is 5.97 Å². The zero-order chi connectivity index (χ0) is 10.6. The van der Waals surface area contributed by atoms with Gasteiger partial charge < -0.3 is 4.74 Å². The third-order valence-electron chi connectivity index (χ3n) is 1.58. The van der Waals surface area contributed by atoms with Crippen LogP contribution in [0.3, 0.4) is 0 Å². The number of hydrogen-bond acceptors (Lipinski definition) is 4. The standard InChI is InChI=1S/C10H8O4/c1-14-10(13)5-2-7-6-8(11)3-4-9(7)12/h2-6H,1H3/b5-2+. The lowest BCUT2D eigenvalue weighted by atomic mass is 10.0. The summed E-state index contributed by atoms with van der Waals surface area (Å²) in [7, 11) is 1.23. The minimum atomic E-state index is -0.569. The SMILES string of the molecule is COC(=O)/C=C/C1=CC(=O)C=CC1=O. The highest BCUT2D eigenvalue weighted by atomic mass is 16.5. The maximum absolute atomic E-state index is 11.1. The van der Waals surface area contributed by atoms with Gasteiger partial charge in [0.2, 0.25) is 0 Å². The molecule has 72 valence electrons. The molecule has 0 aliphatic heterocycles. The second kappa shape index (κ2) is 4.32. The summed E-state index contributed by atoms with van der Waals surface area (Å²) in [6.07, 6.45) is 5.87. The lowest BCUT2D eigenvalue weighted by Crippen LogP contribution is -2.06. The Morgan fingerprint density at radius 1 is 1.36 bits per heavy atom. The molecule has 0 spiro atoms. The van der Waals surface area contributed by atoms with E-state index in [2.05, 4.69) is 4.74 Å². The average molecular weight is 192 g/mol. The zero-order valence-electron chi connectivity index (χ0n) is 7.52. The highest BCUT2D eigenvalue weighted by Gasteiger charge is 2.10. The Balaban J connectivity index is 2.78. The molecule has 0 N–H and O–H groups in total. The molecule has 0 heterocycles. The van der Waals surface area contributed by atoms with E-state index in [4.69, 9.17) is 0 Å². The second-order valence-corrected chi connectivity index (χ2v) is 2.56. The van der Waals surface area contributed by atoms with Crippen LogP contribution in [0.1, 0.15) is 0 Å². The topological polar surface area (TPSA) is 60.4 Å². The summed E-state index contributed by atoms with van der Waals surface area (Å²) in [5, 5.41) is 0. The van der Waals surface area contributed by atoms with Crippen LogP contribution in [0.2, 0.25) is 0 Å². The molecule has 0 unspecified atom stereocenters. The Morgan fingerprint density at radius 2 is 2.07 bits per heavy atom. The molecule has 0 fully saturated rings. The van der Waals surface area contributed by atoms with Crippen molar-refractivity contribution in [3.63, 3.8) is 0 Å². The first-order valence-corrected chi connectivity index (χ1v) is 3.87. The molecule has 1 rings (SSSR count). The van der Waals surface area contributed by atoms with Crippen molar-refractivity contribution in [2.24, 2.45) is 0 Å². The van der Waals surface area contributed by atoms with Gasteiger partial charge in [0.1, 0.15) is 0 Å². The third-order valence-corrected chi connectivity index (χ3v) is 1.58. The number of methoxy groups -OCH3 is 1. The number of allylic oxidation sites excluding steroid dienone is 5. The molecule has 0 aromatic carbocycles. The Bertz CT molecular complexity index is 372. The average Bonchev–Trinajstić information content (AvgIpc) is 2.19. The summed E-state index contributed by atoms with van der Waals surface area (Å²) >= 11 is 0. The molecule has 0 bridgehead atoms. The van der Waals surface area contributed by atoms with Crippen LogP contribution in [-0.2, 0) is 19.1 Å². The molecule has 1 aliphatic carbocycles. The van der Waals surface area contributed by atoms with Gasteiger partial charge in [-0.1, -0.05) is 0 Å². The molecule has 0 saturated carbocycles. The molecule has 0 saturated heterocycles. The molecular formula is C10H8O4. The third kappa shape index (κ3) is 2.52. The van der Waals surface area contributed by atoms with Crippen molar-refractivity contribution in [3.8, 4) is 0 Å². The Labute approximate surface area is 80.5 Å². The molecule has 4 nitrogen and oxygen atoms in total. The van der Waals surface area contributed by atoms with Crippen LogP contribution < -0.4 is 0 Å². The van der Waals surface area contributed by atoms with Crippen LogP contribution in [0.15, 0.2) is 36.0 Å². The first-order valence-electron chi connectivity index (χ1n) is 3.87. The van der Waals surface area contributed by atoms with E-state index in [0.717, 1.165) is 6.08 Å². The van der Waals surface area contributed by atoms with Crippen molar-refractivity contribution in [3.05, 3.63) is 36.0 Å². The van der Waals surface area contributed by atoms with Gasteiger partial charge in [0, 0.05) is 11.6 Å². The number of ether oxygens (including phenoxy) is 1. The summed E-state index contributed by atoms with van der Waals surface area (Å²) in [5.74, 6) is -1.14. The van der Waals surface area contributed by atoms with E-state index < -0.39 is 5.97 Å². The van der Waals surface area contributed by atoms with Crippen molar-refractivity contribution in [2.45, 2.75) is 0 Å². The summed E-state index contributed by atoms with van der Waals surface area (Å²) in [6.45, 7) is 0. The van der Waals surface area contributed by atoms with Gasteiger partial charge in [-0.15, -0.1) is 0 Å². The van der Waals surface area contributed by atoms with Crippen LogP contribution >= 0.6 is 0 Å². The quantitative estimate of drug-likeness (QED) is 0.360. The fourth-order valence-electron chi connectivity index (χ4n) is 0.883. The summed E-state index contributed by atoms with van der Waals surface area (Å²) < 4.78 is 4.34. The van der Waals surface area contributed by atoms with Crippen molar-refractivity contribution < 1.29 is 19.1 Å². The molecule has 1 aliphatic rings. The number of carbonyl (C=O) groups is 3. The fourth-order valence-corrected chi connectivity index (χ4v) is 0.883. The van der Waals surface area contributed by atoms with E-state index in [1.165, 1.54) is 31.4 Å². The van der Waals surface area contributed by atoms with Crippen LogP contribution in [0, 0.1) is 0 Å². The minimum Gasteiger partial charge on any atom is -0.466 e. The normalized spacial score (nSPS) is 15.9. The summed E-state index contributed by atoms with van der Waals surface area (Å²) in [6, 6.07) is 0. The van der Waals surface area contributed by atoms with E-state index in [9.17, 15) is 14.4 Å². The van der Waals surface area contributed by atoms with Crippen molar-refractivity contribution in [2.75, 3.05) is 7.11 Å². The van der Waals surface area contributed by atoms with Crippen LogP contribution in [0.5, 0.6) is 0 Å². The predicted molar refractivity (Wildman–Crippen MR) is 48.4 cm³/mol. The molecule has 0 aromatic rings. The van der Waals surface area contributed by atoms with E-state index in [1.807, 2.05) is 0 Å². The lowest BCUT2D eigenvalue weighted by molar-refractivity contribution is -0.134. The van der Waals surface area contributed by atoms with Crippen LogP contribution in [0.25, 0.3) is 0 Å². The maximum atomic E-state index is 11.1. The Kier molecular flexibility index (Phi) is 3.12. The molecule has 0 amide bonds. The Hall–Kier alpha value is -1.97. The summed E-state index contributed by atoms with van der Waals surface area (Å²) in [5.41, 5.74) is 0.183. The van der Waals surface area contributed by atoms with Crippen LogP contribution in [0.4, 0.5) is 0 Å². The van der Waals surface area contributed by atoms with Gasteiger partial charge in [-0.3, -0.25) is 9.59 Å². The highest BCUT2D eigenvalue weighted by molar-refractivity contribution is 6.18. The first-order chi connectivity index (χ1) is 6.63. The molecule has 0 aromatic heterocycles. The smallest absolute Gasteiger partial charge is 0.330 e.